The van der Waals surface area contributed by atoms with Crippen molar-refractivity contribution in [2.75, 3.05) is 31.6 Å². The fraction of sp³-hybridized carbons (Fsp3) is 0.538. The molecule has 1 N–H and O–H groups in total. The summed E-state index contributed by atoms with van der Waals surface area (Å²) in [5, 5.41) is 9.33. The largest absolute Gasteiger partial charge is 0.481 e. The van der Waals surface area contributed by atoms with Gasteiger partial charge in [0.2, 0.25) is 0 Å². The quantitative estimate of drug-likeness (QED) is 0.837. The van der Waals surface area contributed by atoms with Gasteiger partial charge in [0.1, 0.15) is 9.84 Å². The van der Waals surface area contributed by atoms with Crippen LogP contribution in [0.4, 0.5) is 0 Å². The van der Waals surface area contributed by atoms with E-state index in [0.717, 1.165) is 5.56 Å². The number of pyridine rings is 1. The number of nitrogens with zero attached hydrogens (tertiary/aromatic N) is 2. The van der Waals surface area contributed by atoms with Gasteiger partial charge >= 0.3 is 5.97 Å². The standard InChI is InChI=1S/C13H18N2O4S/c1-20(18,19)6-5-15-8-11(12(9-15)13(16)17)10-3-2-4-14-7-10/h2-4,7,11-12H,5-6,8-9H2,1H3,(H,16,17). The molecule has 1 fully saturated rings. The first kappa shape index (κ1) is 14.9. The van der Waals surface area contributed by atoms with E-state index < -0.39 is 21.7 Å². The van der Waals surface area contributed by atoms with E-state index in [9.17, 15) is 18.3 Å². The number of likely N-dealkylation sites (tertiary alicyclic amines) is 1. The monoisotopic (exact) mass is 298 g/mol. The van der Waals surface area contributed by atoms with Gasteiger partial charge in [-0.05, 0) is 11.6 Å². The molecule has 2 atom stereocenters. The predicted molar refractivity (Wildman–Crippen MR) is 74.3 cm³/mol. The molecule has 2 rings (SSSR count). The lowest BCUT2D eigenvalue weighted by atomic mass is 9.90. The van der Waals surface area contributed by atoms with Gasteiger partial charge in [-0.25, -0.2) is 8.42 Å². The zero-order valence-electron chi connectivity index (χ0n) is 11.3. The normalized spacial score (nSPS) is 23.9. The lowest BCUT2D eigenvalue weighted by Crippen LogP contribution is -2.28. The van der Waals surface area contributed by atoms with Crippen LogP contribution in [0.1, 0.15) is 11.5 Å². The van der Waals surface area contributed by atoms with Crippen LogP contribution >= 0.6 is 0 Å². The second-order valence-electron chi connectivity index (χ2n) is 5.23. The van der Waals surface area contributed by atoms with Crippen LogP contribution in [-0.4, -0.2) is 61.0 Å². The van der Waals surface area contributed by atoms with Crippen molar-refractivity contribution in [3.63, 3.8) is 0 Å². The maximum Gasteiger partial charge on any atom is 0.308 e. The van der Waals surface area contributed by atoms with Gasteiger partial charge in [0.15, 0.2) is 0 Å². The van der Waals surface area contributed by atoms with Gasteiger partial charge in [-0.2, -0.15) is 0 Å². The summed E-state index contributed by atoms with van der Waals surface area (Å²) in [6.45, 7) is 1.31. The third kappa shape index (κ3) is 3.77. The average Bonchev–Trinajstić information content (AvgIpc) is 2.81. The number of carboxylic acids is 1. The number of rotatable bonds is 5. The van der Waals surface area contributed by atoms with Crippen LogP contribution in [0.5, 0.6) is 0 Å². The number of hydrogen-bond acceptors (Lipinski definition) is 5. The minimum atomic E-state index is -3.03. The van der Waals surface area contributed by atoms with E-state index in [0.29, 0.717) is 19.6 Å². The molecule has 0 saturated carbocycles. The van der Waals surface area contributed by atoms with Crippen molar-refractivity contribution in [3.8, 4) is 0 Å². The number of carbonyl (C=O) groups is 1. The number of hydrogen-bond donors (Lipinski definition) is 1. The first-order valence-electron chi connectivity index (χ1n) is 6.39. The van der Waals surface area contributed by atoms with Crippen molar-refractivity contribution in [2.24, 2.45) is 5.92 Å². The highest BCUT2D eigenvalue weighted by molar-refractivity contribution is 7.90. The highest BCUT2D eigenvalue weighted by Gasteiger charge is 2.38. The van der Waals surface area contributed by atoms with Gasteiger partial charge in [0.05, 0.1) is 11.7 Å². The Labute approximate surface area is 118 Å². The van der Waals surface area contributed by atoms with Gasteiger partial charge in [-0.3, -0.25) is 9.78 Å². The van der Waals surface area contributed by atoms with E-state index in [1.807, 2.05) is 11.0 Å². The molecular weight excluding hydrogens is 280 g/mol. The highest BCUT2D eigenvalue weighted by atomic mass is 32.2. The molecule has 1 aliphatic heterocycles. The van der Waals surface area contributed by atoms with Crippen molar-refractivity contribution in [3.05, 3.63) is 30.1 Å². The Morgan fingerprint density at radius 1 is 1.50 bits per heavy atom. The smallest absolute Gasteiger partial charge is 0.308 e. The Morgan fingerprint density at radius 2 is 2.25 bits per heavy atom. The van der Waals surface area contributed by atoms with Crippen LogP contribution in [0.25, 0.3) is 0 Å². The summed E-state index contributed by atoms with van der Waals surface area (Å²) in [5.41, 5.74) is 0.891. The van der Waals surface area contributed by atoms with Crippen molar-refractivity contribution >= 4 is 15.8 Å². The topological polar surface area (TPSA) is 87.6 Å². The second kappa shape index (κ2) is 5.88. The molecular formula is C13H18N2O4S. The van der Waals surface area contributed by atoms with Crippen molar-refractivity contribution in [1.29, 1.82) is 0 Å². The van der Waals surface area contributed by atoms with Crippen molar-refractivity contribution in [2.45, 2.75) is 5.92 Å². The molecule has 7 heteroatoms. The van der Waals surface area contributed by atoms with E-state index in [-0.39, 0.29) is 11.7 Å². The molecule has 0 aromatic carbocycles. The van der Waals surface area contributed by atoms with Gasteiger partial charge in [0, 0.05) is 44.2 Å². The molecule has 1 saturated heterocycles. The lowest BCUT2D eigenvalue weighted by molar-refractivity contribution is -0.141. The van der Waals surface area contributed by atoms with Crippen LogP contribution in [-0.2, 0) is 14.6 Å². The number of aliphatic carboxylic acids is 1. The van der Waals surface area contributed by atoms with E-state index in [2.05, 4.69) is 4.98 Å². The minimum Gasteiger partial charge on any atom is -0.481 e. The summed E-state index contributed by atoms with van der Waals surface area (Å²) >= 11 is 0. The molecule has 6 nitrogen and oxygen atoms in total. The molecule has 0 radical (unpaired) electrons. The van der Waals surface area contributed by atoms with Crippen molar-refractivity contribution < 1.29 is 18.3 Å². The van der Waals surface area contributed by atoms with Crippen LogP contribution < -0.4 is 0 Å². The van der Waals surface area contributed by atoms with Crippen molar-refractivity contribution in [1.82, 2.24) is 9.88 Å². The van der Waals surface area contributed by atoms with Crippen LogP contribution in [0, 0.1) is 5.92 Å². The molecule has 0 spiro atoms. The maximum atomic E-state index is 11.4. The fourth-order valence-electron chi connectivity index (χ4n) is 2.55. The Balaban J connectivity index is 2.10. The van der Waals surface area contributed by atoms with Crippen LogP contribution in [0.15, 0.2) is 24.5 Å². The first-order chi connectivity index (χ1) is 9.37. The number of aromatic nitrogens is 1. The molecule has 0 amide bonds. The summed E-state index contributed by atoms with van der Waals surface area (Å²) in [5.74, 6) is -1.45. The average molecular weight is 298 g/mol. The zero-order chi connectivity index (χ0) is 14.8. The van der Waals surface area contributed by atoms with E-state index >= 15 is 0 Å². The highest BCUT2D eigenvalue weighted by Crippen LogP contribution is 2.32. The Bertz CT molecular complexity index is 573. The molecule has 1 aromatic heterocycles. The maximum absolute atomic E-state index is 11.4. The molecule has 2 unspecified atom stereocenters. The third-order valence-corrected chi connectivity index (χ3v) is 4.53. The zero-order valence-corrected chi connectivity index (χ0v) is 12.1. The van der Waals surface area contributed by atoms with Gasteiger partial charge < -0.3 is 10.0 Å². The summed E-state index contributed by atoms with van der Waals surface area (Å²) in [7, 11) is -3.03. The minimum absolute atomic E-state index is 0.0547. The van der Waals surface area contributed by atoms with Gasteiger partial charge in [-0.15, -0.1) is 0 Å². The molecule has 2 heterocycles. The summed E-state index contributed by atoms with van der Waals surface area (Å²) < 4.78 is 22.4. The summed E-state index contributed by atoms with van der Waals surface area (Å²) in [6.07, 6.45) is 4.52. The molecule has 0 aliphatic carbocycles. The van der Waals surface area contributed by atoms with E-state index in [1.54, 1.807) is 18.5 Å². The second-order valence-corrected chi connectivity index (χ2v) is 7.49. The molecule has 1 aliphatic rings. The molecule has 20 heavy (non-hydrogen) atoms. The van der Waals surface area contributed by atoms with Crippen LogP contribution in [0.2, 0.25) is 0 Å². The van der Waals surface area contributed by atoms with E-state index in [4.69, 9.17) is 0 Å². The van der Waals surface area contributed by atoms with Gasteiger partial charge in [-0.1, -0.05) is 6.07 Å². The Hall–Kier alpha value is -1.47. The molecule has 1 aromatic rings. The third-order valence-electron chi connectivity index (χ3n) is 3.60. The van der Waals surface area contributed by atoms with Crippen LogP contribution in [0.3, 0.4) is 0 Å². The first-order valence-corrected chi connectivity index (χ1v) is 8.45. The fourth-order valence-corrected chi connectivity index (χ4v) is 3.14. The SMILES string of the molecule is CS(=O)(=O)CCN1CC(C(=O)O)C(c2cccnc2)C1. The molecule has 110 valence electrons. The van der Waals surface area contributed by atoms with Gasteiger partial charge in [0.25, 0.3) is 0 Å². The predicted octanol–water partition coefficient (Wildman–Crippen LogP) is 0.226. The number of carboxylic acid groups (broad SMARTS) is 1. The Morgan fingerprint density at radius 3 is 2.80 bits per heavy atom. The molecule has 0 bridgehead atoms. The van der Waals surface area contributed by atoms with E-state index in [1.165, 1.54) is 6.26 Å². The summed E-state index contributed by atoms with van der Waals surface area (Å²) in [4.78, 5) is 17.3. The lowest BCUT2D eigenvalue weighted by Gasteiger charge is -2.15. The Kier molecular flexibility index (Phi) is 4.39. The summed E-state index contributed by atoms with van der Waals surface area (Å²) in [6, 6.07) is 3.65. The number of sulfone groups is 1.